The van der Waals surface area contributed by atoms with Crippen molar-refractivity contribution in [3.8, 4) is 0 Å². The summed E-state index contributed by atoms with van der Waals surface area (Å²) in [4.78, 5) is 4.39. The Morgan fingerprint density at radius 3 is 2.74 bits per heavy atom. The molecule has 19 heavy (non-hydrogen) atoms. The maximum absolute atomic E-state index is 13.5. The molecule has 1 aliphatic rings. The zero-order valence-electron chi connectivity index (χ0n) is 10.9. The topological polar surface area (TPSA) is 17.8 Å². The van der Waals surface area contributed by atoms with E-state index in [9.17, 15) is 4.39 Å². The predicted octanol–water partition coefficient (Wildman–Crippen LogP) is 4.61. The number of nitrogens with zero attached hydrogens (tertiary/aromatic N) is 2. The molecule has 0 radical (unpaired) electrons. The Balaban J connectivity index is 2.08. The lowest BCUT2D eigenvalue weighted by molar-refractivity contribution is 0.498. The standard InChI is InChI=1S/C14H15Cl2FN2/c1-14(2)5-8(14)7-19-12-3-9(16)10(17)4-11(12)18-13(19)6-15/h3-4,8H,5-7H2,1-2H3. The number of fused-ring (bicyclic) bond motifs is 1. The van der Waals surface area contributed by atoms with Crippen LogP contribution in [0.25, 0.3) is 11.0 Å². The fourth-order valence-corrected chi connectivity index (χ4v) is 2.95. The summed E-state index contributed by atoms with van der Waals surface area (Å²) in [5, 5.41) is 0.129. The average molecular weight is 301 g/mol. The van der Waals surface area contributed by atoms with Crippen LogP contribution in [0.5, 0.6) is 0 Å². The summed E-state index contributed by atoms with van der Waals surface area (Å²) < 4.78 is 15.6. The lowest BCUT2D eigenvalue weighted by Gasteiger charge is -2.09. The molecule has 0 spiro atoms. The zero-order chi connectivity index (χ0) is 13.8. The number of imidazole rings is 1. The highest BCUT2D eigenvalue weighted by Crippen LogP contribution is 2.52. The molecule has 3 rings (SSSR count). The summed E-state index contributed by atoms with van der Waals surface area (Å²) in [5.74, 6) is 1.28. The third-order valence-corrected chi connectivity index (χ3v) is 4.64. The summed E-state index contributed by atoms with van der Waals surface area (Å²) in [6, 6.07) is 3.02. The molecule has 1 saturated carbocycles. The van der Waals surface area contributed by atoms with Crippen LogP contribution in [0.1, 0.15) is 26.1 Å². The fourth-order valence-electron chi connectivity index (χ4n) is 2.58. The first-order chi connectivity index (χ1) is 8.92. The number of rotatable bonds is 3. The Labute approximate surface area is 121 Å². The molecule has 0 N–H and O–H groups in total. The van der Waals surface area contributed by atoms with Gasteiger partial charge in [0.25, 0.3) is 0 Å². The Kier molecular flexibility index (Phi) is 3.02. The molecule has 0 aliphatic heterocycles. The normalized spacial score (nSPS) is 21.0. The van der Waals surface area contributed by atoms with Crippen molar-refractivity contribution >= 4 is 34.2 Å². The van der Waals surface area contributed by atoms with Gasteiger partial charge in [0.2, 0.25) is 0 Å². The Bertz CT molecular complexity index is 648. The maximum atomic E-state index is 13.5. The molecule has 1 heterocycles. The molecule has 1 unspecified atom stereocenters. The second-order valence-corrected chi connectivity index (χ2v) is 6.59. The van der Waals surface area contributed by atoms with Gasteiger partial charge in [0.15, 0.2) is 0 Å². The number of hydrogen-bond acceptors (Lipinski definition) is 1. The molecule has 2 nitrogen and oxygen atoms in total. The van der Waals surface area contributed by atoms with Crippen molar-refractivity contribution in [3.05, 3.63) is 28.8 Å². The average Bonchev–Trinajstić information content (AvgIpc) is 2.80. The van der Waals surface area contributed by atoms with Crippen molar-refractivity contribution < 1.29 is 4.39 Å². The molecule has 0 bridgehead atoms. The highest BCUT2D eigenvalue weighted by Gasteiger charge is 2.45. The van der Waals surface area contributed by atoms with E-state index in [0.717, 1.165) is 17.9 Å². The van der Waals surface area contributed by atoms with E-state index in [1.807, 2.05) is 0 Å². The predicted molar refractivity (Wildman–Crippen MR) is 76.1 cm³/mol. The van der Waals surface area contributed by atoms with E-state index in [-0.39, 0.29) is 5.02 Å². The van der Waals surface area contributed by atoms with Crippen molar-refractivity contribution in [1.29, 1.82) is 0 Å². The minimum Gasteiger partial charge on any atom is -0.327 e. The molecule has 2 aromatic rings. The van der Waals surface area contributed by atoms with Crippen LogP contribution in [-0.2, 0) is 12.4 Å². The van der Waals surface area contributed by atoms with Crippen molar-refractivity contribution in [2.24, 2.45) is 11.3 Å². The maximum Gasteiger partial charge on any atom is 0.144 e. The van der Waals surface area contributed by atoms with Crippen LogP contribution in [0.2, 0.25) is 5.02 Å². The van der Waals surface area contributed by atoms with Gasteiger partial charge in [-0.1, -0.05) is 25.4 Å². The molecule has 5 heteroatoms. The van der Waals surface area contributed by atoms with E-state index >= 15 is 0 Å². The van der Waals surface area contributed by atoms with Gasteiger partial charge in [0.1, 0.15) is 11.6 Å². The smallest absolute Gasteiger partial charge is 0.144 e. The van der Waals surface area contributed by atoms with Gasteiger partial charge in [-0.3, -0.25) is 0 Å². The lowest BCUT2D eigenvalue weighted by atomic mass is 10.1. The molecule has 1 aromatic carbocycles. The number of hydrogen-bond donors (Lipinski definition) is 0. The van der Waals surface area contributed by atoms with Crippen molar-refractivity contribution in [1.82, 2.24) is 9.55 Å². The number of halogens is 3. The largest absolute Gasteiger partial charge is 0.327 e. The number of alkyl halides is 1. The summed E-state index contributed by atoms with van der Waals surface area (Å²) >= 11 is 11.8. The first-order valence-corrected chi connectivity index (χ1v) is 7.24. The minimum atomic E-state index is -0.438. The van der Waals surface area contributed by atoms with Crippen molar-refractivity contribution in [2.75, 3.05) is 0 Å². The summed E-state index contributed by atoms with van der Waals surface area (Å²) in [6.07, 6.45) is 1.20. The highest BCUT2D eigenvalue weighted by atomic mass is 35.5. The van der Waals surface area contributed by atoms with Gasteiger partial charge < -0.3 is 4.57 Å². The monoisotopic (exact) mass is 300 g/mol. The van der Waals surface area contributed by atoms with Gasteiger partial charge in [0.05, 0.1) is 21.9 Å². The Morgan fingerprint density at radius 2 is 2.16 bits per heavy atom. The van der Waals surface area contributed by atoms with Crippen LogP contribution in [0, 0.1) is 17.2 Å². The fraction of sp³-hybridized carbons (Fsp3) is 0.500. The molecule has 0 amide bonds. The third kappa shape index (κ3) is 2.23. The van der Waals surface area contributed by atoms with Crippen LogP contribution >= 0.6 is 23.2 Å². The molecule has 1 aliphatic carbocycles. The number of benzene rings is 1. The molecule has 1 fully saturated rings. The molecular formula is C14H15Cl2FN2. The van der Waals surface area contributed by atoms with Crippen LogP contribution in [-0.4, -0.2) is 9.55 Å². The SMILES string of the molecule is CC1(C)CC1Cn1c(CCl)nc2cc(F)c(Cl)cc21. The second kappa shape index (κ2) is 4.35. The lowest BCUT2D eigenvalue weighted by Crippen LogP contribution is -2.07. The zero-order valence-corrected chi connectivity index (χ0v) is 12.4. The van der Waals surface area contributed by atoms with E-state index in [4.69, 9.17) is 23.2 Å². The van der Waals surface area contributed by atoms with Crippen LogP contribution in [0.3, 0.4) is 0 Å². The van der Waals surface area contributed by atoms with E-state index in [0.29, 0.717) is 22.7 Å². The summed E-state index contributed by atoms with van der Waals surface area (Å²) in [5.41, 5.74) is 1.87. The van der Waals surface area contributed by atoms with Gasteiger partial charge in [-0.15, -0.1) is 11.6 Å². The van der Waals surface area contributed by atoms with Gasteiger partial charge in [0, 0.05) is 12.6 Å². The van der Waals surface area contributed by atoms with Crippen LogP contribution in [0.4, 0.5) is 4.39 Å². The minimum absolute atomic E-state index is 0.129. The van der Waals surface area contributed by atoms with Gasteiger partial charge in [-0.2, -0.15) is 0 Å². The first kappa shape index (κ1) is 13.2. The summed E-state index contributed by atoms with van der Waals surface area (Å²) in [7, 11) is 0. The summed E-state index contributed by atoms with van der Waals surface area (Å²) in [6.45, 7) is 5.38. The van der Waals surface area contributed by atoms with Crippen LogP contribution < -0.4 is 0 Å². The van der Waals surface area contributed by atoms with Crippen molar-refractivity contribution in [3.63, 3.8) is 0 Å². The van der Waals surface area contributed by atoms with Gasteiger partial charge in [-0.25, -0.2) is 9.37 Å². The van der Waals surface area contributed by atoms with Gasteiger partial charge >= 0.3 is 0 Å². The molecule has 102 valence electrons. The third-order valence-electron chi connectivity index (χ3n) is 4.11. The van der Waals surface area contributed by atoms with Crippen molar-refractivity contribution in [2.45, 2.75) is 32.7 Å². The van der Waals surface area contributed by atoms with E-state index in [1.165, 1.54) is 12.5 Å². The highest BCUT2D eigenvalue weighted by molar-refractivity contribution is 6.31. The van der Waals surface area contributed by atoms with E-state index < -0.39 is 5.82 Å². The second-order valence-electron chi connectivity index (χ2n) is 5.92. The number of aromatic nitrogens is 2. The van der Waals surface area contributed by atoms with Crippen LogP contribution in [0.15, 0.2) is 12.1 Å². The first-order valence-electron chi connectivity index (χ1n) is 6.32. The quantitative estimate of drug-likeness (QED) is 0.757. The van der Waals surface area contributed by atoms with Gasteiger partial charge in [-0.05, 0) is 23.8 Å². The molecular weight excluding hydrogens is 286 g/mol. The molecule has 1 aromatic heterocycles. The van der Waals surface area contributed by atoms with E-state index in [1.54, 1.807) is 6.07 Å². The van der Waals surface area contributed by atoms with E-state index in [2.05, 4.69) is 23.4 Å². The molecule has 1 atom stereocenters. The Hall–Kier alpha value is -0.800. The Morgan fingerprint density at radius 1 is 1.47 bits per heavy atom. The molecule has 0 saturated heterocycles.